The van der Waals surface area contributed by atoms with Crippen LogP contribution < -0.4 is 5.73 Å². The maximum Gasteiger partial charge on any atom is 0.433 e. The smallest absolute Gasteiger partial charge is 0.397 e. The van der Waals surface area contributed by atoms with Gasteiger partial charge in [0.25, 0.3) is 0 Å². The van der Waals surface area contributed by atoms with Crippen LogP contribution in [0.15, 0.2) is 61.1 Å². The Labute approximate surface area is 145 Å². The summed E-state index contributed by atoms with van der Waals surface area (Å²) >= 11 is 0. The topological polar surface area (TPSA) is 69.6 Å². The lowest BCUT2D eigenvalue weighted by molar-refractivity contribution is -0.141. The molecule has 0 radical (unpaired) electrons. The molecule has 1 aromatic carbocycles. The molecule has 3 aromatic heterocycles. The predicted octanol–water partition coefficient (Wildman–Crippen LogP) is 4.08. The standard InChI is InChI=1S/C18H12F3N5/c19-18(20,21)16-2-1-3-17(25-16)26-15-7-11(4-5-12(15)9-24-26)13-6-14(22)10-23-8-13/h1-10H,22H2. The molecule has 2 N–H and O–H groups in total. The quantitative estimate of drug-likeness (QED) is 0.588. The van der Waals surface area contributed by atoms with Gasteiger partial charge in [-0.25, -0.2) is 9.67 Å². The Morgan fingerprint density at radius 3 is 2.54 bits per heavy atom. The molecule has 0 aliphatic rings. The van der Waals surface area contributed by atoms with Crippen molar-refractivity contribution in [2.45, 2.75) is 6.18 Å². The largest absolute Gasteiger partial charge is 0.433 e. The fourth-order valence-electron chi connectivity index (χ4n) is 2.70. The first-order chi connectivity index (χ1) is 12.4. The van der Waals surface area contributed by atoms with Crippen molar-refractivity contribution in [2.75, 3.05) is 5.73 Å². The third kappa shape index (κ3) is 2.85. The highest BCUT2D eigenvalue weighted by atomic mass is 19.4. The van der Waals surface area contributed by atoms with E-state index < -0.39 is 11.9 Å². The summed E-state index contributed by atoms with van der Waals surface area (Å²) in [5, 5.41) is 4.97. The number of halogens is 3. The van der Waals surface area contributed by atoms with Gasteiger partial charge in [0.1, 0.15) is 5.69 Å². The fourth-order valence-corrected chi connectivity index (χ4v) is 2.70. The molecule has 130 valence electrons. The number of fused-ring (bicyclic) bond motifs is 1. The molecule has 5 nitrogen and oxygen atoms in total. The minimum atomic E-state index is -4.52. The molecule has 0 bridgehead atoms. The Balaban J connectivity index is 1.86. The zero-order valence-corrected chi connectivity index (χ0v) is 13.3. The van der Waals surface area contributed by atoms with E-state index in [2.05, 4.69) is 15.1 Å². The second-order valence-electron chi connectivity index (χ2n) is 5.72. The average Bonchev–Trinajstić information content (AvgIpc) is 3.04. The molecule has 0 atom stereocenters. The Morgan fingerprint density at radius 2 is 1.77 bits per heavy atom. The number of pyridine rings is 2. The number of rotatable bonds is 2. The number of nitrogens with two attached hydrogens (primary N) is 1. The Morgan fingerprint density at radius 1 is 0.923 bits per heavy atom. The average molecular weight is 355 g/mol. The molecule has 0 spiro atoms. The molecular formula is C18H12F3N5. The van der Waals surface area contributed by atoms with E-state index >= 15 is 0 Å². The van der Waals surface area contributed by atoms with Gasteiger partial charge in [-0.05, 0) is 29.8 Å². The summed E-state index contributed by atoms with van der Waals surface area (Å²) in [6, 6.07) is 11.0. The zero-order chi connectivity index (χ0) is 18.3. The number of nitrogens with zero attached hydrogens (tertiary/aromatic N) is 4. The van der Waals surface area contributed by atoms with Crippen LogP contribution in [-0.4, -0.2) is 19.7 Å². The molecule has 4 rings (SSSR count). The summed E-state index contributed by atoms with van der Waals surface area (Å²) < 4.78 is 40.2. The number of alkyl halides is 3. The van der Waals surface area contributed by atoms with Crippen molar-refractivity contribution < 1.29 is 13.2 Å². The third-order valence-electron chi connectivity index (χ3n) is 3.91. The van der Waals surface area contributed by atoms with Crippen molar-refractivity contribution in [3.63, 3.8) is 0 Å². The van der Waals surface area contributed by atoms with Gasteiger partial charge < -0.3 is 5.73 Å². The van der Waals surface area contributed by atoms with Crippen LogP contribution >= 0.6 is 0 Å². The first-order valence-electron chi connectivity index (χ1n) is 7.65. The molecule has 0 saturated carbocycles. The fraction of sp³-hybridized carbons (Fsp3) is 0.0556. The van der Waals surface area contributed by atoms with Crippen LogP contribution in [0.2, 0.25) is 0 Å². The molecular weight excluding hydrogens is 343 g/mol. The van der Waals surface area contributed by atoms with Gasteiger partial charge >= 0.3 is 6.18 Å². The summed E-state index contributed by atoms with van der Waals surface area (Å²) in [6.45, 7) is 0. The maximum absolute atomic E-state index is 12.9. The number of anilines is 1. The van der Waals surface area contributed by atoms with Crippen LogP contribution in [-0.2, 0) is 6.18 Å². The second kappa shape index (κ2) is 5.83. The van der Waals surface area contributed by atoms with Crippen LogP contribution in [0.5, 0.6) is 0 Å². The van der Waals surface area contributed by atoms with Gasteiger partial charge in [0, 0.05) is 23.3 Å². The predicted molar refractivity (Wildman–Crippen MR) is 91.5 cm³/mol. The van der Waals surface area contributed by atoms with E-state index in [1.54, 1.807) is 24.7 Å². The summed E-state index contributed by atoms with van der Waals surface area (Å²) in [5.74, 6) is 0.0951. The van der Waals surface area contributed by atoms with Gasteiger partial charge in [0.05, 0.1) is 17.4 Å². The molecule has 26 heavy (non-hydrogen) atoms. The molecule has 0 fully saturated rings. The van der Waals surface area contributed by atoms with Crippen LogP contribution in [0.25, 0.3) is 27.8 Å². The first-order valence-corrected chi connectivity index (χ1v) is 7.65. The molecule has 4 aromatic rings. The normalized spacial score (nSPS) is 11.8. The van der Waals surface area contributed by atoms with Gasteiger partial charge in [-0.15, -0.1) is 0 Å². The molecule has 3 heterocycles. The van der Waals surface area contributed by atoms with Crippen molar-refractivity contribution in [1.82, 2.24) is 19.7 Å². The van der Waals surface area contributed by atoms with E-state index in [4.69, 9.17) is 5.73 Å². The monoisotopic (exact) mass is 355 g/mol. The van der Waals surface area contributed by atoms with Crippen molar-refractivity contribution >= 4 is 16.6 Å². The van der Waals surface area contributed by atoms with Gasteiger partial charge in [0.2, 0.25) is 0 Å². The number of hydrogen-bond acceptors (Lipinski definition) is 4. The highest BCUT2D eigenvalue weighted by Gasteiger charge is 2.32. The number of hydrogen-bond donors (Lipinski definition) is 1. The van der Waals surface area contributed by atoms with Crippen LogP contribution in [0.3, 0.4) is 0 Å². The number of benzene rings is 1. The highest BCUT2D eigenvalue weighted by Crippen LogP contribution is 2.29. The highest BCUT2D eigenvalue weighted by molar-refractivity contribution is 5.85. The lowest BCUT2D eigenvalue weighted by atomic mass is 10.1. The van der Waals surface area contributed by atoms with E-state index in [0.717, 1.165) is 22.6 Å². The van der Waals surface area contributed by atoms with E-state index in [1.165, 1.54) is 16.8 Å². The van der Waals surface area contributed by atoms with Crippen molar-refractivity contribution in [3.05, 3.63) is 66.7 Å². The molecule has 0 aliphatic heterocycles. The minimum absolute atomic E-state index is 0.0951. The van der Waals surface area contributed by atoms with E-state index in [9.17, 15) is 13.2 Å². The van der Waals surface area contributed by atoms with E-state index in [0.29, 0.717) is 11.2 Å². The van der Waals surface area contributed by atoms with Gasteiger partial charge in [-0.1, -0.05) is 18.2 Å². The summed E-state index contributed by atoms with van der Waals surface area (Å²) in [6.07, 6.45) is 0.273. The van der Waals surface area contributed by atoms with Gasteiger partial charge in [-0.2, -0.15) is 18.3 Å². The minimum Gasteiger partial charge on any atom is -0.397 e. The SMILES string of the molecule is Nc1cncc(-c2ccc3cnn(-c4cccc(C(F)(F)F)n4)c3c2)c1. The Bertz CT molecular complexity index is 1100. The van der Waals surface area contributed by atoms with Crippen LogP contribution in [0, 0.1) is 0 Å². The molecule has 8 heteroatoms. The van der Waals surface area contributed by atoms with E-state index in [1.807, 2.05) is 18.2 Å². The van der Waals surface area contributed by atoms with Gasteiger partial charge in [0.15, 0.2) is 5.82 Å². The Hall–Kier alpha value is -3.42. The van der Waals surface area contributed by atoms with Crippen molar-refractivity contribution in [3.8, 4) is 16.9 Å². The maximum atomic E-state index is 12.9. The molecule has 0 unspecified atom stereocenters. The summed E-state index contributed by atoms with van der Waals surface area (Å²) in [5.41, 5.74) is 7.59. The second-order valence-corrected chi connectivity index (χ2v) is 5.72. The van der Waals surface area contributed by atoms with Crippen LogP contribution in [0.1, 0.15) is 5.69 Å². The first kappa shape index (κ1) is 16.1. The molecule has 0 aliphatic carbocycles. The molecule has 0 amide bonds. The lowest BCUT2D eigenvalue weighted by Crippen LogP contribution is -2.10. The lowest BCUT2D eigenvalue weighted by Gasteiger charge is -2.09. The van der Waals surface area contributed by atoms with Crippen molar-refractivity contribution in [1.29, 1.82) is 0 Å². The third-order valence-corrected chi connectivity index (χ3v) is 3.91. The van der Waals surface area contributed by atoms with Crippen LogP contribution in [0.4, 0.5) is 18.9 Å². The summed E-state index contributed by atoms with van der Waals surface area (Å²) in [4.78, 5) is 7.76. The number of nitrogen functional groups attached to an aromatic ring is 1. The Kier molecular flexibility index (Phi) is 3.61. The number of aromatic nitrogens is 4. The molecule has 0 saturated heterocycles. The zero-order valence-electron chi connectivity index (χ0n) is 13.3. The summed E-state index contributed by atoms with van der Waals surface area (Å²) in [7, 11) is 0. The van der Waals surface area contributed by atoms with E-state index in [-0.39, 0.29) is 5.82 Å². The van der Waals surface area contributed by atoms with Gasteiger partial charge in [-0.3, -0.25) is 4.98 Å². The van der Waals surface area contributed by atoms with Crippen molar-refractivity contribution in [2.24, 2.45) is 0 Å².